The number of carbonyl (C=O) groups is 1. The number of rotatable bonds is 7. The molecule has 0 bridgehead atoms. The highest BCUT2D eigenvalue weighted by atomic mass is 32.2. The Morgan fingerprint density at radius 2 is 1.88 bits per heavy atom. The van der Waals surface area contributed by atoms with Crippen molar-refractivity contribution in [2.45, 2.75) is 32.2 Å². The molecule has 1 aliphatic rings. The zero-order valence-electron chi connectivity index (χ0n) is 14.4. The summed E-state index contributed by atoms with van der Waals surface area (Å²) in [6.07, 6.45) is 1.56. The number of carbonyl (C=O) groups excluding carboxylic acids is 1. The van der Waals surface area contributed by atoms with Crippen LogP contribution in [0.1, 0.15) is 26.2 Å². The molecule has 1 fully saturated rings. The van der Waals surface area contributed by atoms with Gasteiger partial charge in [-0.1, -0.05) is 6.92 Å². The van der Waals surface area contributed by atoms with Gasteiger partial charge in [0.2, 0.25) is 15.9 Å². The average molecular weight is 391 g/mol. The highest BCUT2D eigenvalue weighted by Crippen LogP contribution is 2.25. The molecule has 2 rings (SSSR count). The van der Waals surface area contributed by atoms with Gasteiger partial charge < -0.3 is 15.8 Å². The van der Waals surface area contributed by atoms with Crippen molar-refractivity contribution in [2.75, 3.05) is 29.0 Å². The Bertz CT molecular complexity index is 752. The van der Waals surface area contributed by atoms with Crippen molar-refractivity contribution in [1.82, 2.24) is 0 Å². The van der Waals surface area contributed by atoms with Gasteiger partial charge in [-0.25, -0.2) is 17.2 Å². The van der Waals surface area contributed by atoms with Crippen LogP contribution < -0.4 is 15.8 Å². The Morgan fingerprint density at radius 3 is 2.50 bits per heavy atom. The van der Waals surface area contributed by atoms with Gasteiger partial charge >= 0.3 is 0 Å². The molecule has 0 aliphatic carbocycles. The minimum atomic E-state index is -3.76. The third-order valence-electron chi connectivity index (χ3n) is 4.13. The second kappa shape index (κ2) is 8.74. The highest BCUT2D eigenvalue weighted by Gasteiger charge is 2.27. The van der Waals surface area contributed by atoms with E-state index >= 15 is 0 Å². The molecule has 0 aromatic heterocycles. The van der Waals surface area contributed by atoms with E-state index in [1.165, 1.54) is 0 Å². The summed E-state index contributed by atoms with van der Waals surface area (Å²) < 4.78 is 58.7. The summed E-state index contributed by atoms with van der Waals surface area (Å²) in [6.45, 7) is 2.66. The van der Waals surface area contributed by atoms with Crippen LogP contribution in [0.5, 0.6) is 0 Å². The number of amides is 1. The number of hydrogen-bond donors (Lipinski definition) is 3. The lowest BCUT2D eigenvalue weighted by Gasteiger charge is -2.26. The number of hydrogen-bond acceptors (Lipinski definition) is 5. The van der Waals surface area contributed by atoms with Crippen molar-refractivity contribution in [1.29, 1.82) is 0 Å². The molecule has 4 N–H and O–H groups in total. The van der Waals surface area contributed by atoms with Gasteiger partial charge in [-0.15, -0.1) is 0 Å². The van der Waals surface area contributed by atoms with Crippen LogP contribution in [0.2, 0.25) is 0 Å². The van der Waals surface area contributed by atoms with Crippen LogP contribution >= 0.6 is 0 Å². The zero-order chi connectivity index (χ0) is 19.3. The fraction of sp³-hybridized carbons (Fsp3) is 0.562. The predicted molar refractivity (Wildman–Crippen MR) is 94.2 cm³/mol. The Balaban J connectivity index is 2.15. The second-order valence-electron chi connectivity index (χ2n) is 6.20. The van der Waals surface area contributed by atoms with Gasteiger partial charge in [-0.3, -0.25) is 9.52 Å². The minimum absolute atomic E-state index is 0.102. The number of ether oxygens (including phenoxy) is 1. The van der Waals surface area contributed by atoms with Crippen molar-refractivity contribution in [3.63, 3.8) is 0 Å². The Morgan fingerprint density at radius 1 is 1.27 bits per heavy atom. The molecule has 1 aromatic rings. The average Bonchev–Trinajstić information content (AvgIpc) is 2.58. The maximum absolute atomic E-state index is 14.0. The van der Waals surface area contributed by atoms with Gasteiger partial charge in [0.15, 0.2) is 0 Å². The fourth-order valence-electron chi connectivity index (χ4n) is 2.72. The first kappa shape index (κ1) is 20.5. The summed E-state index contributed by atoms with van der Waals surface area (Å²) in [5.74, 6) is -3.03. The topological polar surface area (TPSA) is 111 Å². The van der Waals surface area contributed by atoms with Crippen molar-refractivity contribution in [3.05, 3.63) is 23.8 Å². The third kappa shape index (κ3) is 5.36. The first-order valence-electron chi connectivity index (χ1n) is 8.37. The number of nitrogens with one attached hydrogen (secondary N) is 2. The number of nitrogens with two attached hydrogens (primary N) is 1. The molecule has 1 heterocycles. The molecule has 1 unspecified atom stereocenters. The number of halogens is 2. The molecule has 0 spiro atoms. The first-order valence-corrected chi connectivity index (χ1v) is 10.0. The van der Waals surface area contributed by atoms with E-state index in [4.69, 9.17) is 10.5 Å². The summed E-state index contributed by atoms with van der Waals surface area (Å²) in [5, 5.41) is 2.31. The minimum Gasteiger partial charge on any atom is -0.381 e. The van der Waals surface area contributed by atoms with E-state index in [9.17, 15) is 22.0 Å². The maximum Gasteiger partial charge on any atom is 0.241 e. The Kier molecular flexibility index (Phi) is 6.90. The Labute approximate surface area is 151 Å². The van der Waals surface area contributed by atoms with Gasteiger partial charge in [-0.05, 0) is 31.2 Å². The van der Waals surface area contributed by atoms with Crippen molar-refractivity contribution >= 4 is 27.3 Å². The first-order chi connectivity index (χ1) is 12.2. The van der Waals surface area contributed by atoms with Crippen LogP contribution in [-0.2, 0) is 19.6 Å². The smallest absolute Gasteiger partial charge is 0.241 e. The maximum atomic E-state index is 14.0. The fourth-order valence-corrected chi connectivity index (χ4v) is 3.85. The lowest BCUT2D eigenvalue weighted by Crippen LogP contribution is -2.44. The van der Waals surface area contributed by atoms with Crippen LogP contribution in [-0.4, -0.2) is 39.3 Å². The molecule has 1 atom stereocenters. The van der Waals surface area contributed by atoms with E-state index in [0.717, 1.165) is 6.07 Å². The van der Waals surface area contributed by atoms with Gasteiger partial charge in [-0.2, -0.15) is 0 Å². The van der Waals surface area contributed by atoms with E-state index in [2.05, 4.69) is 10.0 Å². The van der Waals surface area contributed by atoms with E-state index in [-0.39, 0.29) is 17.4 Å². The van der Waals surface area contributed by atoms with E-state index in [1.54, 1.807) is 6.92 Å². The van der Waals surface area contributed by atoms with Gasteiger partial charge in [0.25, 0.3) is 0 Å². The van der Waals surface area contributed by atoms with Crippen molar-refractivity contribution in [2.24, 2.45) is 11.7 Å². The van der Waals surface area contributed by atoms with Gasteiger partial charge in [0, 0.05) is 19.3 Å². The molecular formula is C16H23F2N3O4S. The number of benzene rings is 1. The monoisotopic (exact) mass is 391 g/mol. The van der Waals surface area contributed by atoms with E-state index < -0.39 is 39.3 Å². The predicted octanol–water partition coefficient (Wildman–Crippen LogP) is 1.81. The summed E-state index contributed by atoms with van der Waals surface area (Å²) in [7, 11) is -3.76. The SMILES string of the molecule is CCCS(=O)(=O)Nc1cc(NC(=O)C(N)C2CCOCC2)c(F)cc1F. The molecule has 1 saturated heterocycles. The largest absolute Gasteiger partial charge is 0.381 e. The summed E-state index contributed by atoms with van der Waals surface area (Å²) in [5.41, 5.74) is 5.15. The lowest BCUT2D eigenvalue weighted by molar-refractivity contribution is -0.119. The second-order valence-corrected chi connectivity index (χ2v) is 8.04. The number of sulfonamides is 1. The van der Waals surface area contributed by atoms with Gasteiger partial charge in [0.1, 0.15) is 11.6 Å². The van der Waals surface area contributed by atoms with E-state index in [1.807, 2.05) is 0 Å². The molecule has 1 aromatic carbocycles. The van der Waals surface area contributed by atoms with Crippen LogP contribution in [0.3, 0.4) is 0 Å². The normalized spacial score (nSPS) is 16.9. The molecule has 10 heteroatoms. The summed E-state index contributed by atoms with van der Waals surface area (Å²) in [4.78, 5) is 12.3. The van der Waals surface area contributed by atoms with Crippen LogP contribution in [0.15, 0.2) is 12.1 Å². The van der Waals surface area contributed by atoms with E-state index in [0.29, 0.717) is 38.5 Å². The lowest BCUT2D eigenvalue weighted by atomic mass is 9.92. The third-order valence-corrected chi connectivity index (χ3v) is 5.61. The molecule has 146 valence electrons. The quantitative estimate of drug-likeness (QED) is 0.657. The number of anilines is 2. The molecule has 0 saturated carbocycles. The zero-order valence-corrected chi connectivity index (χ0v) is 15.2. The molecule has 26 heavy (non-hydrogen) atoms. The van der Waals surface area contributed by atoms with Crippen LogP contribution in [0.25, 0.3) is 0 Å². The summed E-state index contributed by atoms with van der Waals surface area (Å²) in [6, 6.07) is 0.551. The Hall–Kier alpha value is -1.78. The molecule has 1 aliphatic heterocycles. The van der Waals surface area contributed by atoms with Crippen LogP contribution in [0, 0.1) is 17.6 Å². The molecule has 1 amide bonds. The van der Waals surface area contributed by atoms with Gasteiger partial charge in [0.05, 0.1) is 23.2 Å². The highest BCUT2D eigenvalue weighted by molar-refractivity contribution is 7.92. The summed E-state index contributed by atoms with van der Waals surface area (Å²) >= 11 is 0. The molecule has 0 radical (unpaired) electrons. The molecule has 7 nitrogen and oxygen atoms in total. The molecular weight excluding hydrogens is 368 g/mol. The van der Waals surface area contributed by atoms with Crippen LogP contribution in [0.4, 0.5) is 20.2 Å². The van der Waals surface area contributed by atoms with Crippen molar-refractivity contribution < 1.29 is 26.7 Å². The van der Waals surface area contributed by atoms with Crippen molar-refractivity contribution in [3.8, 4) is 0 Å². The standard InChI is InChI=1S/C16H23F2N3O4S/c1-2-7-26(23,24)21-14-9-13(11(17)8-12(14)18)20-16(22)15(19)10-3-5-25-6-4-10/h8-10,15,21H,2-7,19H2,1H3,(H,20,22).